The van der Waals surface area contributed by atoms with E-state index in [-0.39, 0.29) is 5.78 Å². The van der Waals surface area contributed by atoms with Crippen LogP contribution in [0, 0.1) is 6.92 Å². The van der Waals surface area contributed by atoms with Gasteiger partial charge in [0.2, 0.25) is 0 Å². The van der Waals surface area contributed by atoms with Crippen molar-refractivity contribution >= 4 is 34.3 Å². The van der Waals surface area contributed by atoms with Gasteiger partial charge in [-0.05, 0) is 44.2 Å². The second-order valence-electron chi connectivity index (χ2n) is 5.41. The standard InChI is InChI=1S/C19H16ClNO3/c1-3-24-19(23)16-11(2)21-17-14(16)5-4-6-15(17)18(22)12-7-9-13(20)10-8-12/h4-10,21H,3H2,1-2H3. The van der Waals surface area contributed by atoms with Crippen LogP contribution in [0.25, 0.3) is 10.9 Å². The first-order valence-electron chi connectivity index (χ1n) is 7.61. The first kappa shape index (κ1) is 16.3. The highest BCUT2D eigenvalue weighted by molar-refractivity contribution is 6.30. The van der Waals surface area contributed by atoms with Gasteiger partial charge in [-0.25, -0.2) is 4.79 Å². The van der Waals surface area contributed by atoms with E-state index in [1.54, 1.807) is 50.2 Å². The largest absolute Gasteiger partial charge is 0.462 e. The van der Waals surface area contributed by atoms with Crippen molar-refractivity contribution in [3.63, 3.8) is 0 Å². The SMILES string of the molecule is CCOC(=O)c1c(C)[nH]c2c(C(=O)c3ccc(Cl)cc3)cccc12. The van der Waals surface area contributed by atoms with Crippen LogP contribution < -0.4 is 0 Å². The second kappa shape index (κ2) is 6.49. The molecular formula is C19H16ClNO3. The maximum atomic E-state index is 12.8. The molecule has 5 heteroatoms. The number of fused-ring (bicyclic) bond motifs is 1. The fourth-order valence-corrected chi connectivity index (χ4v) is 2.89. The molecule has 1 heterocycles. The normalized spacial score (nSPS) is 10.8. The van der Waals surface area contributed by atoms with Crippen molar-refractivity contribution in [3.8, 4) is 0 Å². The Hall–Kier alpha value is -2.59. The molecule has 0 spiro atoms. The number of esters is 1. The Balaban J connectivity index is 2.13. The van der Waals surface area contributed by atoms with Gasteiger partial charge < -0.3 is 9.72 Å². The lowest BCUT2D eigenvalue weighted by atomic mass is 10.00. The smallest absolute Gasteiger partial charge is 0.340 e. The highest BCUT2D eigenvalue weighted by atomic mass is 35.5. The zero-order valence-electron chi connectivity index (χ0n) is 13.4. The Morgan fingerprint density at radius 3 is 2.50 bits per heavy atom. The summed E-state index contributed by atoms with van der Waals surface area (Å²) >= 11 is 5.88. The summed E-state index contributed by atoms with van der Waals surface area (Å²) in [7, 11) is 0. The van der Waals surface area contributed by atoms with Crippen molar-refractivity contribution in [2.24, 2.45) is 0 Å². The number of carbonyl (C=O) groups excluding carboxylic acids is 2. The summed E-state index contributed by atoms with van der Waals surface area (Å²) < 4.78 is 5.11. The molecule has 1 aromatic heterocycles. The highest BCUT2D eigenvalue weighted by Gasteiger charge is 2.21. The summed E-state index contributed by atoms with van der Waals surface area (Å²) in [5.74, 6) is -0.522. The number of rotatable bonds is 4. The molecule has 3 rings (SSSR count). The molecule has 0 fully saturated rings. The Morgan fingerprint density at radius 1 is 1.12 bits per heavy atom. The number of H-pyrrole nitrogens is 1. The molecule has 3 aromatic rings. The minimum atomic E-state index is -0.391. The number of aromatic amines is 1. The molecule has 0 amide bonds. The Kier molecular flexibility index (Phi) is 4.40. The third-order valence-corrected chi connectivity index (χ3v) is 4.10. The van der Waals surface area contributed by atoms with Crippen molar-refractivity contribution in [2.45, 2.75) is 13.8 Å². The number of ether oxygens (including phenoxy) is 1. The van der Waals surface area contributed by atoms with E-state index in [4.69, 9.17) is 16.3 Å². The first-order chi connectivity index (χ1) is 11.5. The van der Waals surface area contributed by atoms with E-state index < -0.39 is 5.97 Å². The molecule has 0 bridgehead atoms. The van der Waals surface area contributed by atoms with Crippen molar-refractivity contribution in [1.82, 2.24) is 4.98 Å². The predicted molar refractivity (Wildman–Crippen MR) is 93.9 cm³/mol. The van der Waals surface area contributed by atoms with E-state index in [0.717, 1.165) is 0 Å². The van der Waals surface area contributed by atoms with Gasteiger partial charge in [-0.3, -0.25) is 4.79 Å². The quantitative estimate of drug-likeness (QED) is 0.560. The molecule has 0 unspecified atom stereocenters. The van der Waals surface area contributed by atoms with E-state index in [2.05, 4.69) is 4.98 Å². The van der Waals surface area contributed by atoms with E-state index >= 15 is 0 Å². The van der Waals surface area contributed by atoms with Crippen molar-refractivity contribution in [1.29, 1.82) is 0 Å². The Bertz CT molecular complexity index is 926. The molecule has 24 heavy (non-hydrogen) atoms. The van der Waals surface area contributed by atoms with Gasteiger partial charge in [0.25, 0.3) is 0 Å². The molecule has 0 aliphatic rings. The minimum absolute atomic E-state index is 0.131. The fraction of sp³-hybridized carbons (Fsp3) is 0.158. The van der Waals surface area contributed by atoms with Gasteiger partial charge >= 0.3 is 5.97 Å². The summed E-state index contributed by atoms with van der Waals surface area (Å²) in [5.41, 5.74) is 2.83. The van der Waals surface area contributed by atoms with Gasteiger partial charge in [-0.2, -0.15) is 0 Å². The maximum absolute atomic E-state index is 12.8. The molecule has 0 saturated heterocycles. The van der Waals surface area contributed by atoms with Crippen LogP contribution in [-0.2, 0) is 4.74 Å². The number of nitrogens with one attached hydrogen (secondary N) is 1. The van der Waals surface area contributed by atoms with Gasteiger partial charge in [0.15, 0.2) is 5.78 Å². The fourth-order valence-electron chi connectivity index (χ4n) is 2.76. The maximum Gasteiger partial charge on any atom is 0.340 e. The van der Waals surface area contributed by atoms with Gasteiger partial charge in [-0.15, -0.1) is 0 Å². The van der Waals surface area contributed by atoms with E-state index in [9.17, 15) is 9.59 Å². The highest BCUT2D eigenvalue weighted by Crippen LogP contribution is 2.27. The average molecular weight is 342 g/mol. The molecule has 122 valence electrons. The molecule has 1 N–H and O–H groups in total. The average Bonchev–Trinajstić information content (AvgIpc) is 2.91. The summed E-state index contributed by atoms with van der Waals surface area (Å²) in [5, 5.41) is 1.26. The molecule has 2 aromatic carbocycles. The Labute approximate surface area is 144 Å². The first-order valence-corrected chi connectivity index (χ1v) is 7.99. The van der Waals surface area contributed by atoms with Crippen LogP contribution in [-0.4, -0.2) is 23.3 Å². The number of benzene rings is 2. The number of halogens is 1. The number of hydrogen-bond donors (Lipinski definition) is 1. The lowest BCUT2D eigenvalue weighted by Gasteiger charge is -2.04. The summed E-state index contributed by atoms with van der Waals surface area (Å²) in [6, 6.07) is 12.0. The zero-order valence-corrected chi connectivity index (χ0v) is 14.1. The van der Waals surface area contributed by atoms with Gasteiger partial charge in [0, 0.05) is 27.2 Å². The van der Waals surface area contributed by atoms with Crippen molar-refractivity contribution < 1.29 is 14.3 Å². The van der Waals surface area contributed by atoms with Crippen LogP contribution in [0.1, 0.15) is 38.9 Å². The molecule has 0 atom stereocenters. The summed E-state index contributed by atoms with van der Waals surface area (Å²) in [6.07, 6.45) is 0. The van der Waals surface area contributed by atoms with Crippen LogP contribution in [0.2, 0.25) is 5.02 Å². The molecule has 4 nitrogen and oxygen atoms in total. The lowest BCUT2D eigenvalue weighted by molar-refractivity contribution is 0.0527. The summed E-state index contributed by atoms with van der Waals surface area (Å²) in [4.78, 5) is 28.1. The molecular weight excluding hydrogens is 326 g/mol. The van der Waals surface area contributed by atoms with Gasteiger partial charge in [0.1, 0.15) is 0 Å². The second-order valence-corrected chi connectivity index (χ2v) is 5.85. The number of carbonyl (C=O) groups is 2. The van der Waals surface area contributed by atoms with E-state index in [1.165, 1.54) is 0 Å². The zero-order chi connectivity index (χ0) is 17.3. The molecule has 0 saturated carbocycles. The van der Waals surface area contributed by atoms with E-state index in [0.29, 0.717) is 44.9 Å². The monoisotopic (exact) mass is 341 g/mol. The van der Waals surface area contributed by atoms with Crippen LogP contribution in [0.3, 0.4) is 0 Å². The van der Waals surface area contributed by atoms with Crippen molar-refractivity contribution in [3.05, 3.63) is 69.9 Å². The van der Waals surface area contributed by atoms with Crippen LogP contribution in [0.4, 0.5) is 0 Å². The third-order valence-electron chi connectivity index (χ3n) is 3.85. The van der Waals surface area contributed by atoms with Gasteiger partial charge in [-0.1, -0.05) is 23.7 Å². The molecule has 0 aliphatic carbocycles. The third kappa shape index (κ3) is 2.81. The van der Waals surface area contributed by atoms with Gasteiger partial charge in [0.05, 0.1) is 17.7 Å². The number of para-hydroxylation sites is 1. The van der Waals surface area contributed by atoms with Crippen LogP contribution in [0.5, 0.6) is 0 Å². The lowest BCUT2D eigenvalue weighted by Crippen LogP contribution is -2.05. The van der Waals surface area contributed by atoms with Crippen LogP contribution in [0.15, 0.2) is 42.5 Å². The number of hydrogen-bond acceptors (Lipinski definition) is 3. The summed E-state index contributed by atoms with van der Waals surface area (Å²) in [6.45, 7) is 3.86. The van der Waals surface area contributed by atoms with E-state index in [1.807, 2.05) is 6.07 Å². The topological polar surface area (TPSA) is 59.2 Å². The van der Waals surface area contributed by atoms with Crippen molar-refractivity contribution in [2.75, 3.05) is 6.61 Å². The Morgan fingerprint density at radius 2 is 1.83 bits per heavy atom. The molecule has 0 radical (unpaired) electrons. The number of aryl methyl sites for hydroxylation is 1. The van der Waals surface area contributed by atoms with Crippen LogP contribution >= 0.6 is 11.6 Å². The predicted octanol–water partition coefficient (Wildman–Crippen LogP) is 4.54. The minimum Gasteiger partial charge on any atom is -0.462 e. The number of aromatic nitrogens is 1. The number of ketones is 1. The molecule has 0 aliphatic heterocycles.